The lowest BCUT2D eigenvalue weighted by Crippen LogP contribution is -2.09. The molecular weight excluding hydrogens is 276 g/mol. The summed E-state index contributed by atoms with van der Waals surface area (Å²) < 4.78 is 1.67. The third-order valence-electron chi connectivity index (χ3n) is 2.97. The molecule has 2 N–H and O–H groups in total. The first-order chi connectivity index (χ1) is 9.61. The molecule has 0 aliphatic heterocycles. The van der Waals surface area contributed by atoms with Crippen LogP contribution in [0.15, 0.2) is 42.9 Å². The van der Waals surface area contributed by atoms with Gasteiger partial charge < -0.3 is 5.73 Å². The number of amides is 1. The zero-order valence-corrected chi connectivity index (χ0v) is 11.2. The quantitative estimate of drug-likeness (QED) is 0.802. The van der Waals surface area contributed by atoms with Crippen molar-refractivity contribution >= 4 is 28.4 Å². The average molecular weight is 287 g/mol. The number of primary amides is 1. The van der Waals surface area contributed by atoms with Gasteiger partial charge in [0.05, 0.1) is 28.8 Å². The van der Waals surface area contributed by atoms with Gasteiger partial charge in [-0.05, 0) is 23.8 Å². The number of hydrogen-bond donors (Lipinski definition) is 1. The summed E-state index contributed by atoms with van der Waals surface area (Å²) in [6.07, 6.45) is 4.71. The van der Waals surface area contributed by atoms with Crippen molar-refractivity contribution in [2.24, 2.45) is 5.73 Å². The Kier molecular flexibility index (Phi) is 3.12. The van der Waals surface area contributed by atoms with Crippen LogP contribution in [0.25, 0.3) is 10.9 Å². The van der Waals surface area contributed by atoms with Crippen LogP contribution >= 0.6 is 11.6 Å². The topological polar surface area (TPSA) is 73.8 Å². The summed E-state index contributed by atoms with van der Waals surface area (Å²) in [5.41, 5.74) is 7.52. The number of pyridine rings is 1. The van der Waals surface area contributed by atoms with Crippen molar-refractivity contribution in [1.29, 1.82) is 0 Å². The number of aromatic nitrogens is 3. The van der Waals surface area contributed by atoms with Crippen molar-refractivity contribution in [3.63, 3.8) is 0 Å². The molecule has 0 aliphatic rings. The first-order valence-electron chi connectivity index (χ1n) is 5.98. The van der Waals surface area contributed by atoms with Gasteiger partial charge in [0.25, 0.3) is 5.91 Å². The van der Waals surface area contributed by atoms with E-state index in [0.717, 1.165) is 16.5 Å². The number of rotatable bonds is 3. The number of halogens is 1. The highest BCUT2D eigenvalue weighted by Gasteiger charge is 2.05. The minimum atomic E-state index is -0.481. The average Bonchev–Trinajstić information content (AvgIpc) is 2.87. The molecule has 0 spiro atoms. The number of carbonyl (C=O) groups excluding carboxylic acids is 1. The van der Waals surface area contributed by atoms with Crippen molar-refractivity contribution < 1.29 is 4.79 Å². The van der Waals surface area contributed by atoms with Crippen LogP contribution in [-0.4, -0.2) is 20.7 Å². The summed E-state index contributed by atoms with van der Waals surface area (Å²) in [6.45, 7) is 0.551. The Balaban J connectivity index is 1.91. The van der Waals surface area contributed by atoms with Gasteiger partial charge in [0.1, 0.15) is 0 Å². The summed E-state index contributed by atoms with van der Waals surface area (Å²) in [6, 6.07) is 7.76. The third-order valence-corrected chi connectivity index (χ3v) is 3.18. The monoisotopic (exact) mass is 286 g/mol. The highest BCUT2D eigenvalue weighted by Crippen LogP contribution is 2.18. The maximum Gasteiger partial charge on any atom is 0.251 e. The summed E-state index contributed by atoms with van der Waals surface area (Å²) >= 11 is 5.94. The molecule has 2 heterocycles. The van der Waals surface area contributed by atoms with Crippen molar-refractivity contribution in [2.45, 2.75) is 6.54 Å². The lowest BCUT2D eigenvalue weighted by Gasteiger charge is -2.04. The molecular formula is C14H11ClN4O. The number of hydrogen-bond acceptors (Lipinski definition) is 3. The highest BCUT2D eigenvalue weighted by molar-refractivity contribution is 6.31. The second kappa shape index (κ2) is 4.94. The lowest BCUT2D eigenvalue weighted by atomic mass is 10.1. The molecule has 20 heavy (non-hydrogen) atoms. The van der Waals surface area contributed by atoms with Crippen LogP contribution in [0.5, 0.6) is 0 Å². The highest BCUT2D eigenvalue weighted by atomic mass is 35.5. The van der Waals surface area contributed by atoms with Crippen LogP contribution in [0, 0.1) is 0 Å². The van der Waals surface area contributed by atoms with Crippen LogP contribution in [0.3, 0.4) is 0 Å². The second-order valence-corrected chi connectivity index (χ2v) is 4.91. The van der Waals surface area contributed by atoms with E-state index >= 15 is 0 Å². The number of nitrogens with zero attached hydrogens (tertiary/aromatic N) is 3. The van der Waals surface area contributed by atoms with Gasteiger partial charge in [-0.15, -0.1) is 0 Å². The molecule has 0 radical (unpaired) electrons. The molecule has 3 rings (SSSR count). The first kappa shape index (κ1) is 12.6. The Hall–Kier alpha value is -2.40. The van der Waals surface area contributed by atoms with Crippen LogP contribution < -0.4 is 5.73 Å². The molecule has 0 fully saturated rings. The molecule has 0 saturated carbocycles. The van der Waals surface area contributed by atoms with Crippen molar-refractivity contribution in [1.82, 2.24) is 14.8 Å². The number of carbonyl (C=O) groups is 1. The second-order valence-electron chi connectivity index (χ2n) is 4.47. The van der Waals surface area contributed by atoms with Crippen molar-refractivity contribution in [3.05, 3.63) is 59.0 Å². The van der Waals surface area contributed by atoms with E-state index in [1.54, 1.807) is 17.1 Å². The summed E-state index contributed by atoms with van der Waals surface area (Å²) in [5, 5.41) is 5.68. The number of benzene rings is 1. The lowest BCUT2D eigenvalue weighted by molar-refractivity contribution is 0.1000. The van der Waals surface area contributed by atoms with Gasteiger partial charge in [-0.25, -0.2) is 0 Å². The van der Waals surface area contributed by atoms with Gasteiger partial charge in [-0.1, -0.05) is 17.7 Å². The smallest absolute Gasteiger partial charge is 0.251 e. The van der Waals surface area contributed by atoms with Gasteiger partial charge in [-0.3, -0.25) is 14.5 Å². The van der Waals surface area contributed by atoms with Gasteiger partial charge in [0.2, 0.25) is 0 Å². The van der Waals surface area contributed by atoms with E-state index in [0.29, 0.717) is 17.1 Å². The molecule has 0 bridgehead atoms. The predicted octanol–water partition coefficient (Wildman–Crippen LogP) is 2.23. The van der Waals surface area contributed by atoms with Gasteiger partial charge in [0, 0.05) is 17.8 Å². The minimum absolute atomic E-state index is 0.399. The maximum absolute atomic E-state index is 11.0. The van der Waals surface area contributed by atoms with E-state index < -0.39 is 5.91 Å². The van der Waals surface area contributed by atoms with Gasteiger partial charge in [-0.2, -0.15) is 5.10 Å². The molecule has 1 aromatic carbocycles. The Morgan fingerprint density at radius 2 is 2.15 bits per heavy atom. The Bertz CT molecular complexity index is 797. The zero-order valence-electron chi connectivity index (χ0n) is 10.5. The van der Waals surface area contributed by atoms with E-state index in [2.05, 4.69) is 10.1 Å². The molecule has 0 atom stereocenters. The first-order valence-corrected chi connectivity index (χ1v) is 6.36. The molecule has 100 valence electrons. The maximum atomic E-state index is 11.0. The zero-order chi connectivity index (χ0) is 14.1. The summed E-state index contributed by atoms with van der Waals surface area (Å²) in [7, 11) is 0. The van der Waals surface area contributed by atoms with Crippen LogP contribution in [0.2, 0.25) is 5.02 Å². The van der Waals surface area contributed by atoms with Crippen molar-refractivity contribution in [2.75, 3.05) is 0 Å². The molecule has 6 heteroatoms. The fourth-order valence-electron chi connectivity index (χ4n) is 2.02. The normalized spacial score (nSPS) is 10.8. The summed E-state index contributed by atoms with van der Waals surface area (Å²) in [4.78, 5) is 15.3. The molecule has 3 aromatic rings. The van der Waals surface area contributed by atoms with Crippen LogP contribution in [-0.2, 0) is 6.54 Å². The molecule has 5 nitrogen and oxygen atoms in total. The van der Waals surface area contributed by atoms with E-state index in [-0.39, 0.29) is 0 Å². The Morgan fingerprint density at radius 3 is 2.90 bits per heavy atom. The van der Waals surface area contributed by atoms with Crippen molar-refractivity contribution in [3.8, 4) is 0 Å². The minimum Gasteiger partial charge on any atom is -0.366 e. The third kappa shape index (κ3) is 2.48. The van der Waals surface area contributed by atoms with Gasteiger partial charge >= 0.3 is 0 Å². The van der Waals surface area contributed by atoms with Gasteiger partial charge in [0.15, 0.2) is 0 Å². The largest absolute Gasteiger partial charge is 0.366 e. The van der Waals surface area contributed by atoms with E-state index in [1.807, 2.05) is 24.3 Å². The fraction of sp³-hybridized carbons (Fsp3) is 0.0714. The molecule has 0 unspecified atom stereocenters. The standard InChI is InChI=1S/C14H11ClN4O/c15-12-4-10-3-9(1-2-13(10)17-6-12)7-19-8-11(5-18-19)14(16)20/h1-6,8H,7H2,(H2,16,20). The summed E-state index contributed by atoms with van der Waals surface area (Å²) in [5.74, 6) is -0.481. The number of fused-ring (bicyclic) bond motifs is 1. The molecule has 1 amide bonds. The van der Waals surface area contributed by atoms with E-state index in [9.17, 15) is 4.79 Å². The van der Waals surface area contributed by atoms with E-state index in [4.69, 9.17) is 17.3 Å². The van der Waals surface area contributed by atoms with Crippen LogP contribution in [0.4, 0.5) is 0 Å². The van der Waals surface area contributed by atoms with Crippen LogP contribution in [0.1, 0.15) is 15.9 Å². The number of nitrogens with two attached hydrogens (primary N) is 1. The SMILES string of the molecule is NC(=O)c1cnn(Cc2ccc3ncc(Cl)cc3c2)c1. The molecule has 2 aromatic heterocycles. The predicted molar refractivity (Wildman–Crippen MR) is 76.6 cm³/mol. The molecule has 0 saturated heterocycles. The Labute approximate surface area is 120 Å². The fourth-order valence-corrected chi connectivity index (χ4v) is 2.18. The molecule has 0 aliphatic carbocycles. The van der Waals surface area contributed by atoms with E-state index in [1.165, 1.54) is 6.20 Å². The Morgan fingerprint density at radius 1 is 1.30 bits per heavy atom.